The number of ether oxygens (including phenoxy) is 1. The minimum Gasteiger partial charge on any atom is -0.490 e. The lowest BCUT2D eigenvalue weighted by Gasteiger charge is -2.17. The van der Waals surface area contributed by atoms with E-state index in [1.54, 1.807) is 4.90 Å². The van der Waals surface area contributed by atoms with Crippen molar-refractivity contribution in [2.75, 3.05) is 13.2 Å². The van der Waals surface area contributed by atoms with Crippen molar-refractivity contribution in [2.24, 2.45) is 0 Å². The number of hydrogen-bond acceptors (Lipinski definition) is 3. The molecule has 5 nitrogen and oxygen atoms in total. The number of rotatable bonds is 1. The molecule has 0 atom stereocenters. The van der Waals surface area contributed by atoms with Crippen molar-refractivity contribution in [2.45, 2.75) is 13.5 Å². The van der Waals surface area contributed by atoms with Crippen LogP contribution in [0, 0.1) is 0 Å². The summed E-state index contributed by atoms with van der Waals surface area (Å²) in [6.45, 7) is 2.58. The van der Waals surface area contributed by atoms with E-state index in [1.807, 2.05) is 0 Å². The fourth-order valence-electron chi connectivity index (χ4n) is 1.86. The molecule has 2 rings (SSSR count). The van der Waals surface area contributed by atoms with Crippen LogP contribution in [0.1, 0.15) is 22.8 Å². The average Bonchev–Trinajstić information content (AvgIpc) is 2.51. The van der Waals surface area contributed by atoms with E-state index in [2.05, 4.69) is 0 Å². The predicted octanol–water partition coefficient (Wildman–Crippen LogP) is 1.78. The molecule has 0 aliphatic carbocycles. The Morgan fingerprint density at radius 2 is 2.17 bits per heavy atom. The second kappa shape index (κ2) is 4.86. The molecule has 0 radical (unpaired) electrons. The van der Waals surface area contributed by atoms with Crippen molar-refractivity contribution < 1.29 is 19.4 Å². The summed E-state index contributed by atoms with van der Waals surface area (Å²) in [5, 5.41) is 9.24. The van der Waals surface area contributed by atoms with Gasteiger partial charge in [-0.3, -0.25) is 4.79 Å². The standard InChI is InChI=1S/C12H12ClNO4/c1-7(15)14-2-3-18-11-9(6-14)4-8(12(16)17)5-10(11)13/h4-5H,2-3,6H2,1H3,(H,16,17). The lowest BCUT2D eigenvalue weighted by Crippen LogP contribution is -2.30. The molecule has 1 N–H and O–H groups in total. The van der Waals surface area contributed by atoms with Crippen LogP contribution in [0.4, 0.5) is 0 Å². The summed E-state index contributed by atoms with van der Waals surface area (Å²) >= 11 is 6.00. The van der Waals surface area contributed by atoms with Crippen LogP contribution < -0.4 is 4.74 Å². The highest BCUT2D eigenvalue weighted by atomic mass is 35.5. The van der Waals surface area contributed by atoms with Crippen molar-refractivity contribution >= 4 is 23.5 Å². The number of benzene rings is 1. The van der Waals surface area contributed by atoms with Crippen LogP contribution in [-0.4, -0.2) is 35.0 Å². The van der Waals surface area contributed by atoms with Gasteiger partial charge in [-0.1, -0.05) is 11.6 Å². The van der Waals surface area contributed by atoms with Gasteiger partial charge in [-0.25, -0.2) is 4.79 Å². The normalized spacial score (nSPS) is 14.4. The van der Waals surface area contributed by atoms with Crippen LogP contribution in [0.5, 0.6) is 5.75 Å². The van der Waals surface area contributed by atoms with Gasteiger partial charge in [-0.15, -0.1) is 0 Å². The van der Waals surface area contributed by atoms with Gasteiger partial charge in [0.25, 0.3) is 0 Å². The van der Waals surface area contributed by atoms with Gasteiger partial charge >= 0.3 is 5.97 Å². The van der Waals surface area contributed by atoms with Crippen molar-refractivity contribution in [3.05, 3.63) is 28.3 Å². The third-order valence-corrected chi connectivity index (χ3v) is 3.06. The van der Waals surface area contributed by atoms with E-state index in [0.29, 0.717) is 31.0 Å². The summed E-state index contributed by atoms with van der Waals surface area (Å²) < 4.78 is 5.48. The second-order valence-corrected chi connectivity index (χ2v) is 4.45. The van der Waals surface area contributed by atoms with Crippen molar-refractivity contribution in [1.82, 2.24) is 4.90 Å². The minimum atomic E-state index is -1.06. The smallest absolute Gasteiger partial charge is 0.335 e. The molecule has 0 spiro atoms. The molecule has 1 aromatic rings. The molecular weight excluding hydrogens is 258 g/mol. The zero-order chi connectivity index (χ0) is 13.3. The molecule has 0 fully saturated rings. The fourth-order valence-corrected chi connectivity index (χ4v) is 2.16. The highest BCUT2D eigenvalue weighted by Crippen LogP contribution is 2.33. The van der Waals surface area contributed by atoms with E-state index >= 15 is 0 Å². The molecule has 0 unspecified atom stereocenters. The maximum absolute atomic E-state index is 11.4. The molecule has 1 aliphatic heterocycles. The number of nitrogens with zero attached hydrogens (tertiary/aromatic N) is 1. The SMILES string of the molecule is CC(=O)N1CCOc2c(Cl)cc(C(=O)O)cc2C1. The molecule has 18 heavy (non-hydrogen) atoms. The Morgan fingerprint density at radius 3 is 2.78 bits per heavy atom. The van der Waals surface area contributed by atoms with Crippen LogP contribution in [0.3, 0.4) is 0 Å². The number of carbonyl (C=O) groups is 2. The predicted molar refractivity (Wildman–Crippen MR) is 65.0 cm³/mol. The van der Waals surface area contributed by atoms with Crippen molar-refractivity contribution in [1.29, 1.82) is 0 Å². The molecule has 96 valence electrons. The van der Waals surface area contributed by atoms with Crippen LogP contribution >= 0.6 is 11.6 Å². The van der Waals surface area contributed by atoms with Gasteiger partial charge in [-0.2, -0.15) is 0 Å². The Labute approximate surface area is 109 Å². The number of aromatic carboxylic acids is 1. The van der Waals surface area contributed by atoms with Gasteiger partial charge in [0.05, 0.1) is 17.1 Å². The highest BCUT2D eigenvalue weighted by molar-refractivity contribution is 6.32. The highest BCUT2D eigenvalue weighted by Gasteiger charge is 2.21. The number of carbonyl (C=O) groups excluding carboxylic acids is 1. The Balaban J connectivity index is 2.45. The monoisotopic (exact) mass is 269 g/mol. The summed E-state index contributed by atoms with van der Waals surface area (Å²) in [5.74, 6) is -0.674. The Hall–Kier alpha value is -1.75. The Morgan fingerprint density at radius 1 is 1.44 bits per heavy atom. The third kappa shape index (κ3) is 2.41. The van der Waals surface area contributed by atoms with E-state index < -0.39 is 5.97 Å². The number of halogens is 1. The first-order valence-electron chi connectivity index (χ1n) is 5.43. The fraction of sp³-hybridized carbons (Fsp3) is 0.333. The van der Waals surface area contributed by atoms with Crippen LogP contribution in [-0.2, 0) is 11.3 Å². The van der Waals surface area contributed by atoms with Crippen LogP contribution in [0.15, 0.2) is 12.1 Å². The first kappa shape index (κ1) is 12.7. The first-order valence-corrected chi connectivity index (χ1v) is 5.81. The average molecular weight is 270 g/mol. The largest absolute Gasteiger partial charge is 0.490 e. The second-order valence-electron chi connectivity index (χ2n) is 4.04. The summed E-state index contributed by atoms with van der Waals surface area (Å²) in [6, 6.07) is 2.84. The quantitative estimate of drug-likeness (QED) is 0.844. The molecule has 0 saturated heterocycles. The van der Waals surface area contributed by atoms with Gasteiger partial charge in [0.15, 0.2) is 0 Å². The molecule has 1 heterocycles. The molecule has 0 saturated carbocycles. The molecule has 6 heteroatoms. The number of fused-ring (bicyclic) bond motifs is 1. The van der Waals surface area contributed by atoms with Gasteiger partial charge in [0.2, 0.25) is 5.91 Å². The van der Waals surface area contributed by atoms with E-state index in [4.69, 9.17) is 21.4 Å². The summed E-state index contributed by atoms with van der Waals surface area (Å²) in [6.07, 6.45) is 0. The zero-order valence-corrected chi connectivity index (χ0v) is 10.5. The number of hydrogen-bond donors (Lipinski definition) is 1. The summed E-state index contributed by atoms with van der Waals surface area (Å²) in [5.41, 5.74) is 0.709. The van der Waals surface area contributed by atoms with Crippen molar-refractivity contribution in [3.63, 3.8) is 0 Å². The third-order valence-electron chi connectivity index (χ3n) is 2.78. The van der Waals surface area contributed by atoms with Gasteiger partial charge in [-0.05, 0) is 12.1 Å². The van der Waals surface area contributed by atoms with Crippen LogP contribution in [0.2, 0.25) is 5.02 Å². The van der Waals surface area contributed by atoms with Gasteiger partial charge in [0.1, 0.15) is 12.4 Å². The molecule has 0 bridgehead atoms. The van der Waals surface area contributed by atoms with E-state index in [1.165, 1.54) is 19.1 Å². The first-order chi connectivity index (χ1) is 8.49. The number of carboxylic acids is 1. The maximum Gasteiger partial charge on any atom is 0.335 e. The Kier molecular flexibility index (Phi) is 3.43. The summed E-state index contributed by atoms with van der Waals surface area (Å²) in [4.78, 5) is 23.9. The number of carboxylic acid groups (broad SMARTS) is 1. The minimum absolute atomic E-state index is 0.0803. The van der Waals surface area contributed by atoms with Crippen molar-refractivity contribution in [3.8, 4) is 5.75 Å². The lowest BCUT2D eigenvalue weighted by atomic mass is 10.1. The lowest BCUT2D eigenvalue weighted by molar-refractivity contribution is -0.129. The van der Waals surface area contributed by atoms with E-state index in [-0.39, 0.29) is 16.5 Å². The zero-order valence-electron chi connectivity index (χ0n) is 9.77. The molecule has 1 aliphatic rings. The maximum atomic E-state index is 11.4. The molecule has 0 aromatic heterocycles. The molecule has 1 amide bonds. The molecular formula is C12H12ClNO4. The molecule has 1 aromatic carbocycles. The topological polar surface area (TPSA) is 66.8 Å². The van der Waals surface area contributed by atoms with Crippen LogP contribution in [0.25, 0.3) is 0 Å². The Bertz CT molecular complexity index is 515. The van der Waals surface area contributed by atoms with E-state index in [9.17, 15) is 9.59 Å². The van der Waals surface area contributed by atoms with Gasteiger partial charge in [0, 0.05) is 19.0 Å². The van der Waals surface area contributed by atoms with Gasteiger partial charge < -0.3 is 14.7 Å². The van der Waals surface area contributed by atoms with E-state index in [0.717, 1.165) is 0 Å². The number of amides is 1. The summed E-state index contributed by atoms with van der Waals surface area (Å²) in [7, 11) is 0.